The minimum Gasteiger partial charge on any atom is -0.301 e. The molecule has 2 aromatic rings. The van der Waals surface area contributed by atoms with Crippen LogP contribution in [-0.4, -0.2) is 5.71 Å². The van der Waals surface area contributed by atoms with Crippen LogP contribution in [0.15, 0.2) is 45.7 Å². The molecule has 3 heterocycles. The van der Waals surface area contributed by atoms with Gasteiger partial charge in [0.2, 0.25) is 0 Å². The summed E-state index contributed by atoms with van der Waals surface area (Å²) in [6, 6.07) is 9.03. The molecule has 2 atom stereocenters. The minimum absolute atomic E-state index is 0.386. The summed E-state index contributed by atoms with van der Waals surface area (Å²) in [5.74, 6) is 0.550. The van der Waals surface area contributed by atoms with Crippen LogP contribution in [0.5, 0.6) is 0 Å². The predicted octanol–water partition coefficient (Wildman–Crippen LogP) is 4.69. The maximum absolute atomic E-state index is 4.67. The third-order valence-corrected chi connectivity index (χ3v) is 5.85. The van der Waals surface area contributed by atoms with Crippen molar-refractivity contribution >= 4 is 34.5 Å². The lowest BCUT2D eigenvalue weighted by Gasteiger charge is -2.25. The lowest BCUT2D eigenvalue weighted by Crippen LogP contribution is -2.24. The van der Waals surface area contributed by atoms with E-state index in [9.17, 15) is 0 Å². The molecule has 1 aliphatic heterocycles. The third-order valence-electron chi connectivity index (χ3n) is 4.08. The van der Waals surface area contributed by atoms with E-state index in [-0.39, 0.29) is 0 Å². The zero-order chi connectivity index (χ0) is 13.4. The average Bonchev–Trinajstić information content (AvgIpc) is 3.20. The highest BCUT2D eigenvalue weighted by Gasteiger charge is 2.37. The molecule has 102 valence electrons. The van der Waals surface area contributed by atoms with E-state index in [1.807, 2.05) is 11.3 Å². The third kappa shape index (κ3) is 2.13. The van der Waals surface area contributed by atoms with Crippen LogP contribution in [-0.2, 0) is 0 Å². The summed E-state index contributed by atoms with van der Waals surface area (Å²) in [5, 5.41) is 8.95. The van der Waals surface area contributed by atoms with Crippen molar-refractivity contribution in [3.63, 3.8) is 0 Å². The maximum atomic E-state index is 4.67. The monoisotopic (exact) mass is 300 g/mol. The highest BCUT2D eigenvalue weighted by molar-refractivity contribution is 7.11. The van der Waals surface area contributed by atoms with Gasteiger partial charge in [-0.25, -0.2) is 0 Å². The normalized spacial score (nSPS) is 27.2. The van der Waals surface area contributed by atoms with E-state index < -0.39 is 0 Å². The van der Waals surface area contributed by atoms with Gasteiger partial charge in [-0.05, 0) is 53.8 Å². The van der Waals surface area contributed by atoms with Crippen molar-refractivity contribution in [3.8, 4) is 0 Å². The summed E-state index contributed by atoms with van der Waals surface area (Å²) < 4.78 is 0. The summed E-state index contributed by atoms with van der Waals surface area (Å²) in [4.78, 5) is 2.74. The van der Waals surface area contributed by atoms with Gasteiger partial charge in [0, 0.05) is 15.7 Å². The fraction of sp³-hybridized carbons (Fsp3) is 0.312. The number of nitrogens with one attached hydrogen (secondary N) is 1. The fourth-order valence-corrected chi connectivity index (χ4v) is 4.66. The van der Waals surface area contributed by atoms with Crippen LogP contribution >= 0.6 is 22.7 Å². The van der Waals surface area contributed by atoms with E-state index in [0.29, 0.717) is 12.0 Å². The van der Waals surface area contributed by atoms with Gasteiger partial charge in [-0.15, -0.1) is 22.7 Å². The second-order valence-corrected chi connectivity index (χ2v) is 7.26. The van der Waals surface area contributed by atoms with Gasteiger partial charge in [0.1, 0.15) is 0 Å². The Balaban J connectivity index is 1.63. The van der Waals surface area contributed by atoms with E-state index in [1.54, 1.807) is 11.3 Å². The minimum atomic E-state index is 0.386. The van der Waals surface area contributed by atoms with Crippen LogP contribution in [0.1, 0.15) is 35.1 Å². The molecular weight excluding hydrogens is 284 g/mol. The Morgan fingerprint density at radius 3 is 2.90 bits per heavy atom. The molecular formula is C16H16N2S2. The molecule has 0 saturated heterocycles. The molecule has 0 aromatic carbocycles. The van der Waals surface area contributed by atoms with Crippen LogP contribution in [0.2, 0.25) is 0 Å². The van der Waals surface area contributed by atoms with Gasteiger partial charge >= 0.3 is 0 Å². The topological polar surface area (TPSA) is 24.4 Å². The smallest absolute Gasteiger partial charge is 0.0865 e. The Morgan fingerprint density at radius 2 is 2.10 bits per heavy atom. The van der Waals surface area contributed by atoms with Crippen molar-refractivity contribution in [2.75, 3.05) is 0 Å². The highest BCUT2D eigenvalue weighted by Crippen LogP contribution is 2.40. The lowest BCUT2D eigenvalue weighted by molar-refractivity contribution is 0.457. The predicted molar refractivity (Wildman–Crippen MR) is 87.3 cm³/mol. The second kappa shape index (κ2) is 5.19. The van der Waals surface area contributed by atoms with Gasteiger partial charge < -0.3 is 5.43 Å². The zero-order valence-corrected chi connectivity index (χ0v) is 12.7. The van der Waals surface area contributed by atoms with Gasteiger partial charge in [-0.2, -0.15) is 5.10 Å². The Morgan fingerprint density at radius 1 is 1.20 bits per heavy atom. The van der Waals surface area contributed by atoms with E-state index in [0.717, 1.165) is 6.42 Å². The first-order chi connectivity index (χ1) is 9.92. The summed E-state index contributed by atoms with van der Waals surface area (Å²) in [6.07, 6.45) is 6.00. The van der Waals surface area contributed by atoms with E-state index in [4.69, 9.17) is 0 Å². The first-order valence-electron chi connectivity index (χ1n) is 7.03. The summed E-state index contributed by atoms with van der Waals surface area (Å²) in [5.41, 5.74) is 6.09. The lowest BCUT2D eigenvalue weighted by atomic mass is 9.79. The van der Waals surface area contributed by atoms with E-state index in [2.05, 4.69) is 51.6 Å². The molecule has 4 heteroatoms. The first kappa shape index (κ1) is 12.4. The molecule has 2 nitrogen and oxygen atoms in total. The van der Waals surface area contributed by atoms with E-state index in [1.165, 1.54) is 33.9 Å². The average molecular weight is 300 g/mol. The molecule has 2 aromatic heterocycles. The Bertz CT molecular complexity index is 638. The van der Waals surface area contributed by atoms with Crippen LogP contribution in [0.25, 0.3) is 6.08 Å². The molecule has 1 fully saturated rings. The van der Waals surface area contributed by atoms with E-state index >= 15 is 0 Å². The van der Waals surface area contributed by atoms with Crippen LogP contribution in [0, 0.1) is 5.92 Å². The van der Waals surface area contributed by atoms with Crippen molar-refractivity contribution in [1.82, 2.24) is 5.43 Å². The standard InChI is InChI=1S/C16H16N2S2/c1-4-11(10-12-5-2-8-19-12)15-13(6-1)16(18-17-15)14-7-3-9-20-14/h2-3,5,7-10,13,16,18H,1,4,6H2/b11-10+. The molecule has 1 aliphatic carbocycles. The van der Waals surface area contributed by atoms with Crippen LogP contribution in [0.4, 0.5) is 0 Å². The first-order valence-corrected chi connectivity index (χ1v) is 8.79. The number of allylic oxidation sites excluding steroid dienone is 1. The Labute approximate surface area is 126 Å². The number of thiophene rings is 2. The molecule has 0 radical (unpaired) electrons. The molecule has 1 saturated carbocycles. The van der Waals surface area contributed by atoms with Gasteiger partial charge in [0.25, 0.3) is 0 Å². The molecule has 1 N–H and O–H groups in total. The van der Waals surface area contributed by atoms with Crippen molar-refractivity contribution in [2.45, 2.75) is 25.3 Å². The molecule has 0 amide bonds. The molecule has 20 heavy (non-hydrogen) atoms. The van der Waals surface area contributed by atoms with Gasteiger partial charge in [0.15, 0.2) is 0 Å². The van der Waals surface area contributed by atoms with Crippen LogP contribution in [0.3, 0.4) is 0 Å². The summed E-state index contributed by atoms with van der Waals surface area (Å²) in [7, 11) is 0. The molecule has 0 bridgehead atoms. The van der Waals surface area contributed by atoms with Crippen molar-refractivity contribution in [2.24, 2.45) is 11.0 Å². The quantitative estimate of drug-likeness (QED) is 0.854. The number of hydrazone groups is 1. The molecule has 4 rings (SSSR count). The zero-order valence-electron chi connectivity index (χ0n) is 11.1. The second-order valence-electron chi connectivity index (χ2n) is 5.30. The number of hydrogen-bond donors (Lipinski definition) is 1. The summed E-state index contributed by atoms with van der Waals surface area (Å²) in [6.45, 7) is 0. The van der Waals surface area contributed by atoms with Gasteiger partial charge in [-0.3, -0.25) is 0 Å². The number of fused-ring (bicyclic) bond motifs is 1. The van der Waals surface area contributed by atoms with Gasteiger partial charge in [-0.1, -0.05) is 12.1 Å². The van der Waals surface area contributed by atoms with Crippen LogP contribution < -0.4 is 5.43 Å². The Kier molecular flexibility index (Phi) is 3.20. The Hall–Kier alpha value is -1.39. The largest absolute Gasteiger partial charge is 0.301 e. The SMILES string of the molecule is C(=C1/CCCC2C1=NNC2c1cccs1)/c1cccs1. The molecule has 0 spiro atoms. The number of rotatable bonds is 2. The maximum Gasteiger partial charge on any atom is 0.0865 e. The van der Waals surface area contributed by atoms with Crippen molar-refractivity contribution in [3.05, 3.63) is 50.4 Å². The highest BCUT2D eigenvalue weighted by atomic mass is 32.1. The molecule has 2 aliphatic rings. The number of nitrogens with zero attached hydrogens (tertiary/aromatic N) is 1. The van der Waals surface area contributed by atoms with Crippen molar-refractivity contribution in [1.29, 1.82) is 0 Å². The van der Waals surface area contributed by atoms with Gasteiger partial charge in [0.05, 0.1) is 11.8 Å². The summed E-state index contributed by atoms with van der Waals surface area (Å²) >= 11 is 3.63. The fourth-order valence-electron chi connectivity index (χ4n) is 3.15. The number of hydrogen-bond acceptors (Lipinski definition) is 4. The molecule has 2 unspecified atom stereocenters. The van der Waals surface area contributed by atoms with Crippen molar-refractivity contribution < 1.29 is 0 Å².